The summed E-state index contributed by atoms with van der Waals surface area (Å²) in [5.41, 5.74) is 6.86. The maximum atomic E-state index is 11.3. The summed E-state index contributed by atoms with van der Waals surface area (Å²) >= 11 is 0. The Morgan fingerprint density at radius 2 is 2.39 bits per heavy atom. The van der Waals surface area contributed by atoms with Crippen molar-refractivity contribution in [2.45, 2.75) is 6.92 Å². The Balaban J connectivity index is 2.47. The Bertz CT molecular complexity index is 530. The largest absolute Gasteiger partial charge is 0.478 e. The van der Waals surface area contributed by atoms with Gasteiger partial charge in [-0.3, -0.25) is 4.98 Å². The number of carboxylic acids is 1. The van der Waals surface area contributed by atoms with Crippen LogP contribution < -0.4 is 10.6 Å². The van der Waals surface area contributed by atoms with E-state index in [2.05, 4.69) is 4.98 Å². The molecule has 0 atom stereocenters. The second kappa shape index (κ2) is 4.63. The van der Waals surface area contributed by atoms with Crippen molar-refractivity contribution in [1.82, 2.24) is 4.98 Å². The standard InChI is InChI=1S/C12H14N4O2/c1-7-10(12(17)18)11(9(3-14)4-15-7)16-5-8(2-13)6-16/h4,8H,2,5-6,13H2,1H3,(H,17,18). The molecule has 0 spiro atoms. The van der Waals surface area contributed by atoms with E-state index in [1.807, 2.05) is 11.0 Å². The van der Waals surface area contributed by atoms with Gasteiger partial charge in [-0.05, 0) is 13.5 Å². The minimum Gasteiger partial charge on any atom is -0.478 e. The third-order valence-electron chi connectivity index (χ3n) is 3.18. The summed E-state index contributed by atoms with van der Waals surface area (Å²) in [6.07, 6.45) is 1.42. The molecule has 1 aliphatic rings. The van der Waals surface area contributed by atoms with E-state index in [0.717, 1.165) is 0 Å². The summed E-state index contributed by atoms with van der Waals surface area (Å²) in [6, 6.07) is 2.00. The number of aromatic nitrogens is 1. The number of nitrogens with two attached hydrogens (primary N) is 1. The predicted octanol–water partition coefficient (Wildman–Crippen LogP) is 0.355. The van der Waals surface area contributed by atoms with Crippen LogP contribution in [-0.4, -0.2) is 35.7 Å². The van der Waals surface area contributed by atoms with Gasteiger partial charge in [-0.2, -0.15) is 5.26 Å². The third-order valence-corrected chi connectivity index (χ3v) is 3.18. The summed E-state index contributed by atoms with van der Waals surface area (Å²) in [7, 11) is 0. The Kier molecular flexibility index (Phi) is 3.17. The number of aryl methyl sites for hydroxylation is 1. The van der Waals surface area contributed by atoms with Crippen LogP contribution in [0.25, 0.3) is 0 Å². The number of aromatic carboxylic acids is 1. The number of hydrogen-bond acceptors (Lipinski definition) is 5. The summed E-state index contributed by atoms with van der Waals surface area (Å²) in [5, 5.41) is 18.3. The number of hydrogen-bond donors (Lipinski definition) is 2. The Morgan fingerprint density at radius 3 is 2.89 bits per heavy atom. The number of carboxylic acid groups (broad SMARTS) is 1. The normalized spacial score (nSPS) is 15.1. The maximum Gasteiger partial charge on any atom is 0.339 e. The Hall–Kier alpha value is -2.13. The van der Waals surface area contributed by atoms with E-state index >= 15 is 0 Å². The van der Waals surface area contributed by atoms with Crippen LogP contribution in [0, 0.1) is 24.2 Å². The van der Waals surface area contributed by atoms with Crippen molar-refractivity contribution in [2.75, 3.05) is 24.5 Å². The first-order valence-corrected chi connectivity index (χ1v) is 5.66. The molecule has 0 aliphatic carbocycles. The highest BCUT2D eigenvalue weighted by atomic mass is 16.4. The molecule has 0 bridgehead atoms. The number of nitrogens with zero attached hydrogens (tertiary/aromatic N) is 3. The molecule has 0 unspecified atom stereocenters. The van der Waals surface area contributed by atoms with Crippen molar-refractivity contribution in [3.05, 3.63) is 23.0 Å². The lowest BCUT2D eigenvalue weighted by atomic mass is 9.96. The molecule has 1 saturated heterocycles. The lowest BCUT2D eigenvalue weighted by Crippen LogP contribution is -2.50. The van der Waals surface area contributed by atoms with Gasteiger partial charge in [-0.25, -0.2) is 4.79 Å². The van der Waals surface area contributed by atoms with Gasteiger partial charge < -0.3 is 15.7 Å². The van der Waals surface area contributed by atoms with Crippen molar-refractivity contribution in [1.29, 1.82) is 5.26 Å². The molecule has 1 aliphatic heterocycles. The fourth-order valence-electron chi connectivity index (χ4n) is 2.16. The highest BCUT2D eigenvalue weighted by Crippen LogP contribution is 2.32. The summed E-state index contributed by atoms with van der Waals surface area (Å²) < 4.78 is 0. The van der Waals surface area contributed by atoms with E-state index < -0.39 is 5.97 Å². The second-order valence-electron chi connectivity index (χ2n) is 4.40. The predicted molar refractivity (Wildman–Crippen MR) is 65.4 cm³/mol. The van der Waals surface area contributed by atoms with Gasteiger partial charge in [0.05, 0.1) is 16.9 Å². The highest BCUT2D eigenvalue weighted by Gasteiger charge is 2.31. The zero-order valence-electron chi connectivity index (χ0n) is 10.1. The summed E-state index contributed by atoms with van der Waals surface area (Å²) in [5.74, 6) is -0.685. The molecular formula is C12H14N4O2. The van der Waals surface area contributed by atoms with Crippen molar-refractivity contribution in [3.63, 3.8) is 0 Å². The molecule has 1 aromatic rings. The monoisotopic (exact) mass is 246 g/mol. The first-order valence-electron chi connectivity index (χ1n) is 5.66. The molecule has 94 valence electrons. The van der Waals surface area contributed by atoms with E-state index in [1.54, 1.807) is 6.92 Å². The Labute approximate surface area is 105 Å². The highest BCUT2D eigenvalue weighted by molar-refractivity contribution is 5.97. The molecule has 3 N–H and O–H groups in total. The van der Waals surface area contributed by atoms with E-state index in [4.69, 9.17) is 11.0 Å². The van der Waals surface area contributed by atoms with Crippen LogP contribution in [0.5, 0.6) is 0 Å². The van der Waals surface area contributed by atoms with Gasteiger partial charge in [0.2, 0.25) is 0 Å². The molecule has 18 heavy (non-hydrogen) atoms. The number of pyridine rings is 1. The third kappa shape index (κ3) is 1.89. The molecule has 1 fully saturated rings. The van der Waals surface area contributed by atoms with Crippen molar-refractivity contribution in [2.24, 2.45) is 11.7 Å². The van der Waals surface area contributed by atoms with Gasteiger partial charge in [0.25, 0.3) is 0 Å². The van der Waals surface area contributed by atoms with Gasteiger partial charge in [-0.15, -0.1) is 0 Å². The molecule has 0 saturated carbocycles. The van der Waals surface area contributed by atoms with E-state index in [1.165, 1.54) is 6.20 Å². The van der Waals surface area contributed by atoms with E-state index in [-0.39, 0.29) is 5.56 Å². The van der Waals surface area contributed by atoms with Gasteiger partial charge >= 0.3 is 5.97 Å². The molecule has 0 amide bonds. The van der Waals surface area contributed by atoms with Crippen molar-refractivity contribution in [3.8, 4) is 6.07 Å². The number of nitriles is 1. The van der Waals surface area contributed by atoms with E-state index in [0.29, 0.717) is 42.5 Å². The van der Waals surface area contributed by atoms with Crippen molar-refractivity contribution >= 4 is 11.7 Å². The number of carbonyl (C=O) groups is 1. The maximum absolute atomic E-state index is 11.3. The second-order valence-corrected chi connectivity index (χ2v) is 4.40. The summed E-state index contributed by atoms with van der Waals surface area (Å²) in [4.78, 5) is 17.1. The smallest absolute Gasteiger partial charge is 0.339 e. The van der Waals surface area contributed by atoms with Crippen LogP contribution in [0.4, 0.5) is 5.69 Å². The molecule has 6 heteroatoms. The average molecular weight is 246 g/mol. The molecule has 6 nitrogen and oxygen atoms in total. The molecule has 0 radical (unpaired) electrons. The van der Waals surface area contributed by atoms with Gasteiger partial charge in [0.15, 0.2) is 0 Å². The SMILES string of the molecule is Cc1ncc(C#N)c(N2CC(CN)C2)c1C(=O)O. The average Bonchev–Trinajstić information content (AvgIpc) is 2.27. The Morgan fingerprint density at radius 1 is 1.72 bits per heavy atom. The van der Waals surface area contributed by atoms with Gasteiger partial charge in [-0.1, -0.05) is 0 Å². The first-order chi connectivity index (χ1) is 8.58. The van der Waals surface area contributed by atoms with Crippen LogP contribution in [0.3, 0.4) is 0 Å². The van der Waals surface area contributed by atoms with Crippen LogP contribution in [0.1, 0.15) is 21.6 Å². The lowest BCUT2D eigenvalue weighted by Gasteiger charge is -2.41. The van der Waals surface area contributed by atoms with Gasteiger partial charge in [0.1, 0.15) is 11.6 Å². The number of rotatable bonds is 3. The van der Waals surface area contributed by atoms with Gasteiger partial charge in [0, 0.05) is 25.2 Å². The zero-order valence-corrected chi connectivity index (χ0v) is 10.1. The minimum absolute atomic E-state index is 0.115. The fraction of sp³-hybridized carbons (Fsp3) is 0.417. The molecule has 1 aromatic heterocycles. The topological polar surface area (TPSA) is 103 Å². The lowest BCUT2D eigenvalue weighted by molar-refractivity contribution is 0.0696. The minimum atomic E-state index is -1.05. The van der Waals surface area contributed by atoms with E-state index in [9.17, 15) is 9.90 Å². The molecule has 2 rings (SSSR count). The molecule has 2 heterocycles. The van der Waals surface area contributed by atoms with Crippen LogP contribution >= 0.6 is 0 Å². The first kappa shape index (κ1) is 12.3. The van der Waals surface area contributed by atoms with Crippen molar-refractivity contribution < 1.29 is 9.90 Å². The van der Waals surface area contributed by atoms with Crippen LogP contribution in [0.15, 0.2) is 6.20 Å². The fourth-order valence-corrected chi connectivity index (χ4v) is 2.16. The van der Waals surface area contributed by atoms with Crippen LogP contribution in [0.2, 0.25) is 0 Å². The number of anilines is 1. The zero-order chi connectivity index (χ0) is 13.3. The van der Waals surface area contributed by atoms with Crippen LogP contribution in [-0.2, 0) is 0 Å². The quantitative estimate of drug-likeness (QED) is 0.797. The molecule has 0 aromatic carbocycles. The summed E-state index contributed by atoms with van der Waals surface area (Å²) in [6.45, 7) is 3.59. The molecular weight excluding hydrogens is 232 g/mol.